The molecule has 0 spiro atoms. The van der Waals surface area contributed by atoms with E-state index in [1.165, 1.54) is 0 Å². The summed E-state index contributed by atoms with van der Waals surface area (Å²) in [6.07, 6.45) is 0. The number of fused-ring (bicyclic) bond motifs is 1. The summed E-state index contributed by atoms with van der Waals surface area (Å²) in [6, 6.07) is 17.0. The molecule has 0 aliphatic heterocycles. The summed E-state index contributed by atoms with van der Waals surface area (Å²) >= 11 is 4.89. The smallest absolute Gasteiger partial charge is 0.251 e. The van der Waals surface area contributed by atoms with Crippen molar-refractivity contribution in [3.63, 3.8) is 0 Å². The fourth-order valence-electron chi connectivity index (χ4n) is 2.29. The molecule has 0 saturated carbocycles. The van der Waals surface area contributed by atoms with Crippen LogP contribution in [0.4, 0.5) is 0 Å². The molecule has 1 aromatic heterocycles. The average molecular weight is 309 g/mol. The Morgan fingerprint density at radius 3 is 2.45 bits per heavy atom. The van der Waals surface area contributed by atoms with E-state index in [1.807, 2.05) is 30.3 Å². The molecule has 22 heavy (non-hydrogen) atoms. The first-order chi connectivity index (χ1) is 10.6. The molecule has 5 heteroatoms. The van der Waals surface area contributed by atoms with Crippen LogP contribution >= 0.6 is 12.2 Å². The zero-order valence-electron chi connectivity index (χ0n) is 11.8. The van der Waals surface area contributed by atoms with Crippen LogP contribution in [0.3, 0.4) is 0 Å². The number of H-pyrrole nitrogens is 1. The molecule has 4 nitrogen and oxygen atoms in total. The third kappa shape index (κ3) is 2.99. The normalized spacial score (nSPS) is 10.5. The monoisotopic (exact) mass is 309 g/mol. The van der Waals surface area contributed by atoms with Gasteiger partial charge in [0.2, 0.25) is 0 Å². The van der Waals surface area contributed by atoms with E-state index >= 15 is 0 Å². The molecular formula is C17H15N3OS. The first-order valence-electron chi connectivity index (χ1n) is 6.88. The topological polar surface area (TPSA) is 70.9 Å². The van der Waals surface area contributed by atoms with Crippen LogP contribution in [0.5, 0.6) is 0 Å². The number of benzene rings is 2. The standard InChI is InChI=1S/C17H15N3OS/c18-16(22)11-5-7-12(8-6-11)17(21)19-10-14-9-13-3-1-2-4-15(13)20-14/h1-9,20H,10H2,(H2,18,22)(H,19,21). The maximum Gasteiger partial charge on any atom is 0.251 e. The number of aromatic amines is 1. The van der Waals surface area contributed by atoms with Crippen LogP contribution in [0.2, 0.25) is 0 Å². The lowest BCUT2D eigenvalue weighted by Crippen LogP contribution is -2.23. The highest BCUT2D eigenvalue weighted by Gasteiger charge is 2.07. The van der Waals surface area contributed by atoms with E-state index < -0.39 is 0 Å². The van der Waals surface area contributed by atoms with Crippen molar-refractivity contribution in [3.8, 4) is 0 Å². The molecule has 3 aromatic rings. The molecule has 0 bridgehead atoms. The Bertz CT molecular complexity index is 803. The number of carbonyl (C=O) groups is 1. The third-order valence-corrected chi connectivity index (χ3v) is 3.69. The number of nitrogens with one attached hydrogen (secondary N) is 2. The van der Waals surface area contributed by atoms with E-state index in [2.05, 4.69) is 10.3 Å². The number of rotatable bonds is 4. The molecule has 2 aromatic carbocycles. The predicted octanol–water partition coefficient (Wildman–Crippen LogP) is 2.73. The summed E-state index contributed by atoms with van der Waals surface area (Å²) in [4.78, 5) is 15.7. The highest BCUT2D eigenvalue weighted by Crippen LogP contribution is 2.14. The molecular weight excluding hydrogens is 294 g/mol. The highest BCUT2D eigenvalue weighted by atomic mass is 32.1. The highest BCUT2D eigenvalue weighted by molar-refractivity contribution is 7.80. The number of aromatic nitrogens is 1. The molecule has 0 unspecified atom stereocenters. The maximum absolute atomic E-state index is 12.1. The Balaban J connectivity index is 1.67. The van der Waals surface area contributed by atoms with E-state index in [0.717, 1.165) is 22.2 Å². The van der Waals surface area contributed by atoms with Gasteiger partial charge in [0, 0.05) is 22.3 Å². The fraction of sp³-hybridized carbons (Fsp3) is 0.0588. The summed E-state index contributed by atoms with van der Waals surface area (Å²) in [5.41, 5.74) is 8.90. The van der Waals surface area contributed by atoms with Crippen LogP contribution in [-0.4, -0.2) is 15.9 Å². The Hall–Kier alpha value is -2.66. The minimum absolute atomic E-state index is 0.131. The van der Waals surface area contributed by atoms with Gasteiger partial charge in [0.05, 0.1) is 6.54 Å². The molecule has 1 heterocycles. The zero-order valence-corrected chi connectivity index (χ0v) is 12.6. The molecule has 0 fully saturated rings. The van der Waals surface area contributed by atoms with Gasteiger partial charge in [0.25, 0.3) is 5.91 Å². The lowest BCUT2D eigenvalue weighted by Gasteiger charge is -2.05. The van der Waals surface area contributed by atoms with E-state index in [-0.39, 0.29) is 5.91 Å². The SMILES string of the molecule is NC(=S)c1ccc(C(=O)NCc2cc3ccccc3[nH]2)cc1. The molecule has 0 aliphatic carbocycles. The van der Waals surface area contributed by atoms with Crippen molar-refractivity contribution in [1.29, 1.82) is 0 Å². The Labute approximate surface area is 133 Å². The van der Waals surface area contributed by atoms with Gasteiger partial charge in [-0.2, -0.15) is 0 Å². The van der Waals surface area contributed by atoms with Crippen molar-refractivity contribution in [2.45, 2.75) is 6.54 Å². The minimum Gasteiger partial charge on any atom is -0.389 e. The van der Waals surface area contributed by atoms with Gasteiger partial charge in [0.15, 0.2) is 0 Å². The third-order valence-electron chi connectivity index (χ3n) is 3.46. The first kappa shape index (κ1) is 14.3. The van der Waals surface area contributed by atoms with Gasteiger partial charge in [-0.1, -0.05) is 42.5 Å². The van der Waals surface area contributed by atoms with Crippen molar-refractivity contribution in [2.24, 2.45) is 5.73 Å². The second-order valence-electron chi connectivity index (χ2n) is 5.01. The number of hydrogen-bond donors (Lipinski definition) is 3. The lowest BCUT2D eigenvalue weighted by molar-refractivity contribution is 0.0950. The maximum atomic E-state index is 12.1. The van der Waals surface area contributed by atoms with E-state index in [0.29, 0.717) is 17.1 Å². The average Bonchev–Trinajstić information content (AvgIpc) is 2.95. The van der Waals surface area contributed by atoms with Gasteiger partial charge in [0.1, 0.15) is 4.99 Å². The number of amides is 1. The van der Waals surface area contributed by atoms with Gasteiger partial charge in [-0.3, -0.25) is 4.79 Å². The summed E-state index contributed by atoms with van der Waals surface area (Å²) in [5.74, 6) is -0.131. The zero-order chi connectivity index (χ0) is 15.5. The quantitative estimate of drug-likeness (QED) is 0.649. The molecule has 0 saturated heterocycles. The van der Waals surface area contributed by atoms with Crippen LogP contribution in [0.25, 0.3) is 10.9 Å². The minimum atomic E-state index is -0.131. The Morgan fingerprint density at radius 2 is 1.77 bits per heavy atom. The van der Waals surface area contributed by atoms with E-state index in [9.17, 15) is 4.79 Å². The number of carbonyl (C=O) groups excluding carboxylic acids is 1. The van der Waals surface area contributed by atoms with E-state index in [1.54, 1.807) is 24.3 Å². The Morgan fingerprint density at radius 1 is 1.09 bits per heavy atom. The van der Waals surface area contributed by atoms with Crippen molar-refractivity contribution in [2.75, 3.05) is 0 Å². The number of para-hydroxylation sites is 1. The lowest BCUT2D eigenvalue weighted by atomic mass is 10.1. The largest absolute Gasteiger partial charge is 0.389 e. The summed E-state index contributed by atoms with van der Waals surface area (Å²) in [6.45, 7) is 0.449. The van der Waals surface area contributed by atoms with Gasteiger partial charge < -0.3 is 16.0 Å². The fourth-order valence-corrected chi connectivity index (χ4v) is 2.43. The van der Waals surface area contributed by atoms with Crippen molar-refractivity contribution in [3.05, 3.63) is 71.4 Å². The van der Waals surface area contributed by atoms with Crippen LogP contribution < -0.4 is 11.1 Å². The van der Waals surface area contributed by atoms with E-state index in [4.69, 9.17) is 18.0 Å². The molecule has 3 rings (SSSR count). The number of nitrogens with two attached hydrogens (primary N) is 1. The number of thiocarbonyl (C=S) groups is 1. The van der Waals surface area contributed by atoms with Gasteiger partial charge >= 0.3 is 0 Å². The van der Waals surface area contributed by atoms with Gasteiger partial charge in [-0.05, 0) is 29.7 Å². The molecule has 1 amide bonds. The molecule has 0 aliphatic rings. The van der Waals surface area contributed by atoms with Crippen molar-refractivity contribution < 1.29 is 4.79 Å². The van der Waals surface area contributed by atoms with Crippen LogP contribution in [0.1, 0.15) is 21.6 Å². The van der Waals surface area contributed by atoms with Crippen molar-refractivity contribution in [1.82, 2.24) is 10.3 Å². The van der Waals surface area contributed by atoms with Crippen LogP contribution in [0, 0.1) is 0 Å². The second-order valence-corrected chi connectivity index (χ2v) is 5.45. The van der Waals surface area contributed by atoms with Crippen molar-refractivity contribution >= 4 is 34.0 Å². The van der Waals surface area contributed by atoms with Crippen LogP contribution in [0.15, 0.2) is 54.6 Å². The molecule has 110 valence electrons. The molecule has 4 N–H and O–H groups in total. The molecule has 0 radical (unpaired) electrons. The first-order valence-corrected chi connectivity index (χ1v) is 7.29. The Kier molecular flexibility index (Phi) is 3.89. The summed E-state index contributed by atoms with van der Waals surface area (Å²) < 4.78 is 0. The summed E-state index contributed by atoms with van der Waals surface area (Å²) in [5, 5.41) is 4.02. The van der Waals surface area contributed by atoms with Gasteiger partial charge in [-0.25, -0.2) is 0 Å². The molecule has 0 atom stereocenters. The number of hydrogen-bond acceptors (Lipinski definition) is 2. The second kappa shape index (κ2) is 5.99. The summed E-state index contributed by atoms with van der Waals surface area (Å²) in [7, 11) is 0. The predicted molar refractivity (Wildman–Crippen MR) is 91.8 cm³/mol. The van der Waals surface area contributed by atoms with Crippen LogP contribution in [-0.2, 0) is 6.54 Å². The van der Waals surface area contributed by atoms with Gasteiger partial charge in [-0.15, -0.1) is 0 Å².